The lowest BCUT2D eigenvalue weighted by Gasteiger charge is -2.26. The molecule has 3 nitrogen and oxygen atoms in total. The van der Waals surface area contributed by atoms with Crippen LogP contribution in [0.25, 0.3) is 0 Å². The second-order valence-corrected chi connectivity index (χ2v) is 6.62. The van der Waals surface area contributed by atoms with Crippen molar-refractivity contribution in [3.63, 3.8) is 0 Å². The minimum atomic E-state index is 0.247. The first-order valence-electron chi connectivity index (χ1n) is 8.26. The third kappa shape index (κ3) is 5.52. The monoisotopic (exact) mass is 266 g/mol. The van der Waals surface area contributed by atoms with Gasteiger partial charge in [-0.15, -0.1) is 0 Å². The molecule has 19 heavy (non-hydrogen) atoms. The van der Waals surface area contributed by atoms with Crippen molar-refractivity contribution in [1.29, 1.82) is 0 Å². The van der Waals surface area contributed by atoms with Crippen molar-refractivity contribution in [2.45, 2.75) is 76.7 Å². The summed E-state index contributed by atoms with van der Waals surface area (Å²) in [5.74, 6) is 1.80. The molecule has 2 saturated carbocycles. The summed E-state index contributed by atoms with van der Waals surface area (Å²) >= 11 is 0. The van der Waals surface area contributed by atoms with Crippen LogP contribution in [0.2, 0.25) is 0 Å². The van der Waals surface area contributed by atoms with E-state index in [9.17, 15) is 4.79 Å². The van der Waals surface area contributed by atoms with Gasteiger partial charge in [-0.1, -0.05) is 38.5 Å². The average Bonchev–Trinajstić information content (AvgIpc) is 2.90. The second kappa shape index (κ2) is 7.88. The van der Waals surface area contributed by atoms with E-state index in [4.69, 9.17) is 5.73 Å². The van der Waals surface area contributed by atoms with Gasteiger partial charge in [-0.05, 0) is 37.5 Å². The topological polar surface area (TPSA) is 55.1 Å². The molecule has 2 aliphatic rings. The molecule has 0 bridgehead atoms. The summed E-state index contributed by atoms with van der Waals surface area (Å²) in [6.07, 6.45) is 13.2. The normalized spacial score (nSPS) is 28.5. The van der Waals surface area contributed by atoms with Gasteiger partial charge in [-0.2, -0.15) is 0 Å². The molecule has 1 amide bonds. The van der Waals surface area contributed by atoms with Crippen molar-refractivity contribution in [2.75, 3.05) is 6.54 Å². The molecule has 0 saturated heterocycles. The van der Waals surface area contributed by atoms with Crippen LogP contribution in [0.1, 0.15) is 70.6 Å². The predicted octanol–water partition coefficient (Wildman–Crippen LogP) is 2.98. The molecule has 110 valence electrons. The lowest BCUT2D eigenvalue weighted by Crippen LogP contribution is -2.29. The van der Waals surface area contributed by atoms with E-state index in [-0.39, 0.29) is 5.91 Å². The van der Waals surface area contributed by atoms with Crippen LogP contribution in [0.4, 0.5) is 0 Å². The molecular formula is C16H30N2O. The molecule has 2 unspecified atom stereocenters. The number of carbonyl (C=O) groups is 1. The van der Waals surface area contributed by atoms with Crippen LogP contribution < -0.4 is 11.1 Å². The summed E-state index contributed by atoms with van der Waals surface area (Å²) in [7, 11) is 0. The lowest BCUT2D eigenvalue weighted by atomic mass is 9.83. The minimum absolute atomic E-state index is 0.247. The zero-order valence-corrected chi connectivity index (χ0v) is 12.2. The summed E-state index contributed by atoms with van der Waals surface area (Å²) in [4.78, 5) is 11.8. The number of carbonyl (C=O) groups excluding carboxylic acids is 1. The molecule has 0 radical (unpaired) electrons. The van der Waals surface area contributed by atoms with Gasteiger partial charge >= 0.3 is 0 Å². The first-order chi connectivity index (χ1) is 9.24. The fourth-order valence-corrected chi connectivity index (χ4v) is 3.73. The maximum Gasteiger partial charge on any atom is 0.220 e. The highest BCUT2D eigenvalue weighted by atomic mass is 16.1. The SMILES string of the molecule is NC1CCCC(CCC(=O)NCCC2CCCC2)C1. The van der Waals surface area contributed by atoms with Crippen LogP contribution in [0.3, 0.4) is 0 Å². The fourth-order valence-electron chi connectivity index (χ4n) is 3.73. The van der Waals surface area contributed by atoms with E-state index in [2.05, 4.69) is 5.32 Å². The Morgan fingerprint density at radius 3 is 2.47 bits per heavy atom. The molecule has 0 aromatic rings. The Hall–Kier alpha value is -0.570. The maximum absolute atomic E-state index is 11.8. The highest BCUT2D eigenvalue weighted by Crippen LogP contribution is 2.27. The zero-order chi connectivity index (χ0) is 13.5. The van der Waals surface area contributed by atoms with Gasteiger partial charge in [0.25, 0.3) is 0 Å². The third-order valence-electron chi connectivity index (χ3n) is 4.95. The van der Waals surface area contributed by atoms with E-state index < -0.39 is 0 Å². The van der Waals surface area contributed by atoms with Crippen LogP contribution in [0.15, 0.2) is 0 Å². The quantitative estimate of drug-likeness (QED) is 0.776. The smallest absolute Gasteiger partial charge is 0.220 e. The van der Waals surface area contributed by atoms with E-state index in [1.807, 2.05) is 0 Å². The Labute approximate surface area is 117 Å². The number of hydrogen-bond donors (Lipinski definition) is 2. The summed E-state index contributed by atoms with van der Waals surface area (Å²) < 4.78 is 0. The minimum Gasteiger partial charge on any atom is -0.356 e. The Kier molecular flexibility index (Phi) is 6.15. The summed E-state index contributed by atoms with van der Waals surface area (Å²) in [6.45, 7) is 0.883. The molecule has 0 aromatic heterocycles. The molecule has 3 heteroatoms. The molecule has 0 aliphatic heterocycles. The Morgan fingerprint density at radius 1 is 1.00 bits per heavy atom. The Bertz CT molecular complexity index is 274. The van der Waals surface area contributed by atoms with Gasteiger partial charge in [-0.3, -0.25) is 4.79 Å². The van der Waals surface area contributed by atoms with Crippen LogP contribution in [-0.4, -0.2) is 18.5 Å². The predicted molar refractivity (Wildman–Crippen MR) is 78.8 cm³/mol. The van der Waals surface area contributed by atoms with E-state index in [0.29, 0.717) is 18.4 Å². The maximum atomic E-state index is 11.8. The fraction of sp³-hybridized carbons (Fsp3) is 0.938. The van der Waals surface area contributed by atoms with Gasteiger partial charge in [0.05, 0.1) is 0 Å². The van der Waals surface area contributed by atoms with Crippen LogP contribution in [0.5, 0.6) is 0 Å². The molecule has 3 N–H and O–H groups in total. The van der Waals surface area contributed by atoms with Crippen molar-refractivity contribution < 1.29 is 4.79 Å². The lowest BCUT2D eigenvalue weighted by molar-refractivity contribution is -0.121. The number of rotatable bonds is 6. The molecule has 2 aliphatic carbocycles. The second-order valence-electron chi connectivity index (χ2n) is 6.62. The molecule has 0 spiro atoms. The van der Waals surface area contributed by atoms with Crippen molar-refractivity contribution in [3.8, 4) is 0 Å². The van der Waals surface area contributed by atoms with Gasteiger partial charge in [0.15, 0.2) is 0 Å². The first-order valence-corrected chi connectivity index (χ1v) is 8.26. The van der Waals surface area contributed by atoms with E-state index >= 15 is 0 Å². The van der Waals surface area contributed by atoms with Gasteiger partial charge < -0.3 is 11.1 Å². The van der Waals surface area contributed by atoms with Gasteiger partial charge in [0.2, 0.25) is 5.91 Å². The average molecular weight is 266 g/mol. The van der Waals surface area contributed by atoms with E-state index in [0.717, 1.165) is 25.3 Å². The number of amides is 1. The van der Waals surface area contributed by atoms with Crippen LogP contribution >= 0.6 is 0 Å². The molecule has 0 aromatic carbocycles. The molecule has 2 rings (SSSR count). The molecular weight excluding hydrogens is 236 g/mol. The molecule has 2 fully saturated rings. The number of hydrogen-bond acceptors (Lipinski definition) is 2. The number of nitrogens with one attached hydrogen (secondary N) is 1. The third-order valence-corrected chi connectivity index (χ3v) is 4.95. The van der Waals surface area contributed by atoms with Crippen molar-refractivity contribution in [2.24, 2.45) is 17.6 Å². The Morgan fingerprint density at radius 2 is 1.74 bits per heavy atom. The van der Waals surface area contributed by atoms with E-state index in [1.54, 1.807) is 0 Å². The summed E-state index contributed by atoms with van der Waals surface area (Å²) in [6, 6.07) is 0.379. The van der Waals surface area contributed by atoms with Crippen molar-refractivity contribution in [3.05, 3.63) is 0 Å². The van der Waals surface area contributed by atoms with Crippen molar-refractivity contribution >= 4 is 5.91 Å². The Balaban J connectivity index is 1.51. The van der Waals surface area contributed by atoms with Crippen molar-refractivity contribution in [1.82, 2.24) is 5.32 Å². The highest BCUT2D eigenvalue weighted by Gasteiger charge is 2.20. The first kappa shape index (κ1) is 14.8. The van der Waals surface area contributed by atoms with Crippen LogP contribution in [-0.2, 0) is 4.79 Å². The van der Waals surface area contributed by atoms with Crippen LogP contribution in [0, 0.1) is 11.8 Å². The molecule has 2 atom stereocenters. The molecule has 0 heterocycles. The number of nitrogens with two attached hydrogens (primary N) is 1. The summed E-state index contributed by atoms with van der Waals surface area (Å²) in [5, 5.41) is 3.09. The largest absolute Gasteiger partial charge is 0.356 e. The highest BCUT2D eigenvalue weighted by molar-refractivity contribution is 5.75. The van der Waals surface area contributed by atoms with Gasteiger partial charge in [0.1, 0.15) is 0 Å². The van der Waals surface area contributed by atoms with Gasteiger partial charge in [0, 0.05) is 19.0 Å². The van der Waals surface area contributed by atoms with E-state index in [1.165, 1.54) is 51.4 Å². The standard InChI is InChI=1S/C16H30N2O/c17-15-7-3-6-14(12-15)8-9-16(19)18-11-10-13-4-1-2-5-13/h13-15H,1-12,17H2,(H,18,19). The summed E-state index contributed by atoms with van der Waals surface area (Å²) in [5.41, 5.74) is 5.98. The van der Waals surface area contributed by atoms with Gasteiger partial charge in [-0.25, -0.2) is 0 Å². The zero-order valence-electron chi connectivity index (χ0n) is 12.2.